The van der Waals surface area contributed by atoms with Gasteiger partial charge in [0.2, 0.25) is 0 Å². The first kappa shape index (κ1) is 15.7. The number of fused-ring (bicyclic) bond motifs is 3. The van der Waals surface area contributed by atoms with Crippen molar-refractivity contribution in [3.63, 3.8) is 0 Å². The second-order valence-corrected chi connectivity index (χ2v) is 7.28. The van der Waals surface area contributed by atoms with E-state index in [2.05, 4.69) is 9.97 Å². The van der Waals surface area contributed by atoms with Gasteiger partial charge in [-0.25, -0.2) is 9.97 Å². The molecule has 0 unspecified atom stereocenters. The van der Waals surface area contributed by atoms with E-state index in [1.807, 2.05) is 48.5 Å². The van der Waals surface area contributed by atoms with E-state index in [0.29, 0.717) is 20.4 Å². The van der Waals surface area contributed by atoms with E-state index in [0.717, 1.165) is 20.2 Å². The minimum Gasteiger partial charge on any atom is -0.234 e. The van der Waals surface area contributed by atoms with Crippen LogP contribution < -0.4 is 9.33 Å². The van der Waals surface area contributed by atoms with Gasteiger partial charge < -0.3 is 0 Å². The van der Waals surface area contributed by atoms with Crippen LogP contribution in [-0.4, -0.2) is 9.97 Å². The van der Waals surface area contributed by atoms with Crippen molar-refractivity contribution in [1.29, 1.82) is 21.0 Å². The zero-order valence-electron chi connectivity index (χ0n) is 12.8. The summed E-state index contributed by atoms with van der Waals surface area (Å²) in [6, 6.07) is 15.1. The molecule has 2 aromatic carbocycles. The third kappa shape index (κ3) is 2.35. The van der Waals surface area contributed by atoms with Crippen LogP contribution in [-0.2, 0) is 0 Å². The fourth-order valence-electron chi connectivity index (χ4n) is 2.55. The number of thiazole rings is 2. The molecule has 0 spiro atoms. The Bertz CT molecular complexity index is 1310. The fraction of sp³-hybridized carbons (Fsp3) is 0. The molecule has 0 bridgehead atoms. The van der Waals surface area contributed by atoms with Gasteiger partial charge in [0.15, 0.2) is 11.1 Å². The highest BCUT2D eigenvalue weighted by Crippen LogP contribution is 2.28. The van der Waals surface area contributed by atoms with Gasteiger partial charge in [0, 0.05) is 0 Å². The number of rotatable bonds is 0. The zero-order chi connectivity index (χ0) is 18.3. The Morgan fingerprint density at radius 2 is 1.04 bits per heavy atom. The summed E-state index contributed by atoms with van der Waals surface area (Å²) in [5.74, 6) is 0. The Morgan fingerprint density at radius 3 is 1.38 bits per heavy atom. The summed E-state index contributed by atoms with van der Waals surface area (Å²) in [7, 11) is 0. The summed E-state index contributed by atoms with van der Waals surface area (Å²) >= 11 is 2.58. The van der Waals surface area contributed by atoms with Crippen LogP contribution in [0.3, 0.4) is 0 Å². The molecule has 2 aromatic heterocycles. The van der Waals surface area contributed by atoms with Crippen molar-refractivity contribution in [2.75, 3.05) is 0 Å². The summed E-state index contributed by atoms with van der Waals surface area (Å²) in [5, 5.41) is 37.9. The summed E-state index contributed by atoms with van der Waals surface area (Å²) in [6.07, 6.45) is 0. The average molecular weight is 368 g/mol. The highest BCUT2D eigenvalue weighted by molar-refractivity contribution is 7.17. The summed E-state index contributed by atoms with van der Waals surface area (Å²) in [5.41, 5.74) is 1.43. The molecule has 0 saturated carbocycles. The van der Waals surface area contributed by atoms with Crippen LogP contribution in [0, 0.1) is 45.3 Å². The molecule has 4 rings (SSSR count). The Labute approximate surface area is 154 Å². The van der Waals surface area contributed by atoms with E-state index in [1.165, 1.54) is 22.7 Å². The lowest BCUT2D eigenvalue weighted by molar-refractivity contribution is 1.40. The zero-order valence-corrected chi connectivity index (χ0v) is 14.4. The lowest BCUT2D eigenvalue weighted by Crippen LogP contribution is -2.00. The van der Waals surface area contributed by atoms with Gasteiger partial charge in [-0.05, 0) is 35.0 Å². The van der Waals surface area contributed by atoms with E-state index in [9.17, 15) is 0 Å². The van der Waals surface area contributed by atoms with Gasteiger partial charge >= 0.3 is 0 Å². The first-order chi connectivity index (χ1) is 12.7. The third-order valence-corrected chi connectivity index (χ3v) is 5.80. The fourth-order valence-corrected chi connectivity index (χ4v) is 4.43. The van der Waals surface area contributed by atoms with Crippen LogP contribution in [0.2, 0.25) is 0 Å². The van der Waals surface area contributed by atoms with Crippen LogP contribution in [0.25, 0.3) is 42.4 Å². The van der Waals surface area contributed by atoms with Gasteiger partial charge in [-0.1, -0.05) is 0 Å². The van der Waals surface area contributed by atoms with E-state index < -0.39 is 0 Å². The minimum absolute atomic E-state index is 0.00128. The van der Waals surface area contributed by atoms with Crippen molar-refractivity contribution in [3.8, 4) is 24.3 Å². The predicted molar refractivity (Wildman–Crippen MR) is 98.8 cm³/mol. The molecule has 0 saturated heterocycles. The van der Waals surface area contributed by atoms with Gasteiger partial charge in [0.25, 0.3) is 0 Å². The predicted octanol–water partition coefficient (Wildman–Crippen LogP) is 2.45. The Balaban J connectivity index is 2.06. The second kappa shape index (κ2) is 5.92. The lowest BCUT2D eigenvalue weighted by Gasteiger charge is -1.97. The van der Waals surface area contributed by atoms with Crippen LogP contribution in [0.5, 0.6) is 0 Å². The summed E-state index contributed by atoms with van der Waals surface area (Å²) < 4.78 is 2.55. The molecule has 0 radical (unpaired) electrons. The molecule has 2 heterocycles. The van der Waals surface area contributed by atoms with Crippen molar-refractivity contribution < 1.29 is 0 Å². The second-order valence-electron chi connectivity index (χ2n) is 5.22. The Morgan fingerprint density at radius 1 is 0.654 bits per heavy atom. The maximum atomic E-state index is 9.01. The molecule has 118 valence electrons. The number of aromatic nitrogens is 2. The number of nitrogens with zero attached hydrogens (tertiary/aromatic N) is 6. The van der Waals surface area contributed by atoms with Gasteiger partial charge in [0.1, 0.15) is 33.6 Å². The normalized spacial score (nSPS) is 10.2. The molecule has 0 amide bonds. The summed E-state index contributed by atoms with van der Waals surface area (Å²) in [6.45, 7) is 0. The molecule has 26 heavy (non-hydrogen) atoms. The molecule has 4 aromatic rings. The molecular formula is C18H4N6S2. The number of nitriles is 4. The number of hydrogen-bond acceptors (Lipinski definition) is 8. The SMILES string of the molecule is N#CC(C#N)=c1nc2cc3cc4sc(=C(C#N)C#N)nc4cc3cc2s1. The largest absolute Gasteiger partial charge is 0.234 e. The number of benzene rings is 2. The average Bonchev–Trinajstić information content (AvgIpc) is 3.23. The van der Waals surface area contributed by atoms with Crippen molar-refractivity contribution in [3.05, 3.63) is 33.6 Å². The molecule has 0 atom stereocenters. The maximum Gasteiger partial charge on any atom is 0.165 e. The molecule has 0 aliphatic carbocycles. The smallest absolute Gasteiger partial charge is 0.165 e. The first-order valence-electron chi connectivity index (χ1n) is 7.16. The van der Waals surface area contributed by atoms with Crippen LogP contribution in [0.4, 0.5) is 0 Å². The topological polar surface area (TPSA) is 121 Å². The molecule has 0 N–H and O–H groups in total. The van der Waals surface area contributed by atoms with Gasteiger partial charge in [-0.3, -0.25) is 0 Å². The Hall–Kier alpha value is -3.82. The quantitative estimate of drug-likeness (QED) is 0.470. The standard InChI is InChI=1S/C18H4N6S2/c19-5-11(6-20)17-23-13-1-9-3-16-14(2-10(9)4-15(13)25-17)24-18(26-16)12(7-21)8-22/h1-4H. The highest BCUT2D eigenvalue weighted by atomic mass is 32.1. The van der Waals surface area contributed by atoms with Gasteiger partial charge in [0.05, 0.1) is 20.4 Å². The van der Waals surface area contributed by atoms with E-state index in [4.69, 9.17) is 21.0 Å². The lowest BCUT2D eigenvalue weighted by atomic mass is 10.1. The first-order valence-corrected chi connectivity index (χ1v) is 8.80. The molecule has 0 fully saturated rings. The maximum absolute atomic E-state index is 9.01. The van der Waals surface area contributed by atoms with Gasteiger partial charge in [-0.15, -0.1) is 22.7 Å². The van der Waals surface area contributed by atoms with Crippen molar-refractivity contribution in [2.24, 2.45) is 0 Å². The van der Waals surface area contributed by atoms with Crippen molar-refractivity contribution in [1.82, 2.24) is 9.97 Å². The monoisotopic (exact) mass is 368 g/mol. The molecule has 8 heteroatoms. The van der Waals surface area contributed by atoms with Crippen LogP contribution >= 0.6 is 22.7 Å². The molecule has 0 aliphatic rings. The van der Waals surface area contributed by atoms with E-state index in [-0.39, 0.29) is 11.1 Å². The third-order valence-electron chi connectivity index (χ3n) is 3.73. The van der Waals surface area contributed by atoms with Gasteiger partial charge in [-0.2, -0.15) is 21.0 Å². The van der Waals surface area contributed by atoms with Crippen LogP contribution in [0.1, 0.15) is 0 Å². The van der Waals surface area contributed by atoms with Crippen molar-refractivity contribution in [2.45, 2.75) is 0 Å². The van der Waals surface area contributed by atoms with E-state index in [1.54, 1.807) is 0 Å². The molecule has 0 aliphatic heterocycles. The molecule has 6 nitrogen and oxygen atoms in total. The minimum atomic E-state index is -0.00128. The number of hydrogen-bond donors (Lipinski definition) is 0. The summed E-state index contributed by atoms with van der Waals surface area (Å²) in [4.78, 5) is 8.76. The van der Waals surface area contributed by atoms with E-state index >= 15 is 0 Å². The molecular weight excluding hydrogens is 364 g/mol. The van der Waals surface area contributed by atoms with Crippen molar-refractivity contribution >= 4 is 65.0 Å². The Kier molecular flexibility index (Phi) is 3.57. The highest BCUT2D eigenvalue weighted by Gasteiger charge is 2.09. The van der Waals surface area contributed by atoms with Crippen LogP contribution in [0.15, 0.2) is 24.3 Å².